The van der Waals surface area contributed by atoms with Crippen LogP contribution in [0.3, 0.4) is 0 Å². The van der Waals surface area contributed by atoms with Gasteiger partial charge in [0.1, 0.15) is 0 Å². The predicted molar refractivity (Wildman–Crippen MR) is 14.5 cm³/mol. The van der Waals surface area contributed by atoms with E-state index in [-0.39, 0.29) is 79.4 Å². The molecule has 0 nitrogen and oxygen atoms in total. The monoisotopic (exact) mass is 300 g/mol. The normalized spacial score (nSPS) is 0. The molecule has 0 aliphatic rings. The Labute approximate surface area is 78.2 Å². The minimum atomic E-state index is 0. The fourth-order valence-electron chi connectivity index (χ4n) is 0. The summed E-state index contributed by atoms with van der Waals surface area (Å²) in [6.07, 6.45) is 0. The van der Waals surface area contributed by atoms with Gasteiger partial charge in [-0.25, -0.2) is 0 Å². The molecule has 0 fully saturated rings. The van der Waals surface area contributed by atoms with Crippen LogP contribution < -0.4 is 0 Å². The maximum atomic E-state index is 0. The third-order valence-electron chi connectivity index (χ3n) is 0. The van der Waals surface area contributed by atoms with Crippen molar-refractivity contribution in [2.24, 2.45) is 0 Å². The molecule has 0 aromatic carbocycles. The molecule has 0 rings (SSSR count). The Bertz CT molecular complexity index is 4.00. The Morgan fingerprint density at radius 1 is 0.500 bits per heavy atom. The Morgan fingerprint density at radius 2 is 0.500 bits per heavy atom. The molecule has 0 aliphatic carbocycles. The van der Waals surface area contributed by atoms with Gasteiger partial charge in [0.2, 0.25) is 0 Å². The molecule has 0 N–H and O–H groups in total. The Kier molecular flexibility index (Phi) is 145. The van der Waals surface area contributed by atoms with Gasteiger partial charge in [-0.05, 0) is 0 Å². The van der Waals surface area contributed by atoms with Gasteiger partial charge in [0.25, 0.3) is 0 Å². The Balaban J connectivity index is 0. The van der Waals surface area contributed by atoms with Crippen molar-refractivity contribution < 1.29 is 54.6 Å². The van der Waals surface area contributed by atoms with E-state index in [1.54, 1.807) is 0 Å². The molecule has 0 radical (unpaired) electrons. The molecule has 0 bridgehead atoms. The first-order valence-corrected chi connectivity index (χ1v) is 0. The summed E-state index contributed by atoms with van der Waals surface area (Å²) in [4.78, 5) is 0. The van der Waals surface area contributed by atoms with Crippen LogP contribution in [-0.2, 0) is 54.6 Å². The van der Waals surface area contributed by atoms with E-state index < -0.39 is 0 Å². The van der Waals surface area contributed by atoms with Crippen molar-refractivity contribution in [1.82, 2.24) is 0 Å². The zero-order chi connectivity index (χ0) is 0. The molecule has 4 heteroatoms. The number of rotatable bonds is 0. The third kappa shape index (κ3) is 8.83. The molecule has 0 spiro atoms. The van der Waals surface area contributed by atoms with Gasteiger partial charge in [-0.1, -0.05) is 0 Å². The molecule has 0 aliphatic heterocycles. The molecule has 20 valence electrons. The molecule has 0 saturated heterocycles. The smallest absolute Gasteiger partial charge is 0 e. The fourth-order valence-corrected chi connectivity index (χ4v) is 0. The Hall–Kier alpha value is 2.42. The zero-order valence-electron chi connectivity index (χ0n) is 2.23. The summed E-state index contributed by atoms with van der Waals surface area (Å²) in [6.45, 7) is 0. The van der Waals surface area contributed by atoms with Gasteiger partial charge >= 0.3 is 0 Å². The van der Waals surface area contributed by atoms with E-state index in [0.717, 1.165) is 0 Å². The van der Waals surface area contributed by atoms with Gasteiger partial charge in [-0.3, -0.25) is 0 Å². The van der Waals surface area contributed by atoms with Gasteiger partial charge in [0.05, 0.1) is 0 Å². The molecular weight excluding hydrogens is 296 g/mol. The van der Waals surface area contributed by atoms with Crippen molar-refractivity contribution in [3.63, 3.8) is 0 Å². The Morgan fingerprint density at radius 3 is 0.500 bits per heavy atom. The van der Waals surface area contributed by atoms with Crippen LogP contribution >= 0.6 is 24.8 Å². The van der Waals surface area contributed by atoms with Gasteiger partial charge in [-0.15, -0.1) is 24.8 Å². The van der Waals surface area contributed by atoms with Crippen LogP contribution in [0, 0.1) is 0 Å². The van der Waals surface area contributed by atoms with Crippen LogP contribution in [0.2, 0.25) is 0 Å². The van der Waals surface area contributed by atoms with Crippen molar-refractivity contribution in [2.45, 2.75) is 0 Å². The third-order valence-corrected chi connectivity index (χ3v) is 0. The maximum absolute atomic E-state index is 0. The molecule has 0 unspecified atom stereocenters. The summed E-state index contributed by atoms with van der Waals surface area (Å²) in [5.41, 5.74) is 0. The second-order valence-electron chi connectivity index (χ2n) is 0. The zero-order valence-corrected chi connectivity index (χ0v) is 11.9. The van der Waals surface area contributed by atoms with Crippen molar-refractivity contribution in [2.75, 3.05) is 0 Å². The second kappa shape index (κ2) is 18.1. The van der Waals surface area contributed by atoms with Crippen molar-refractivity contribution in [3.05, 3.63) is 0 Å². The van der Waals surface area contributed by atoms with E-state index in [2.05, 4.69) is 0 Å². The topological polar surface area (TPSA) is 0 Å². The van der Waals surface area contributed by atoms with Crippen LogP contribution in [0.4, 0.5) is 0 Å². The molecule has 0 aromatic rings. The van der Waals surface area contributed by atoms with Crippen molar-refractivity contribution >= 4 is 24.8 Å². The number of halogens is 2. The van der Waals surface area contributed by atoms with E-state index in [1.807, 2.05) is 0 Å². The summed E-state index contributed by atoms with van der Waals surface area (Å²) < 4.78 is 0. The summed E-state index contributed by atoms with van der Waals surface area (Å²) in [7, 11) is 0. The van der Waals surface area contributed by atoms with Gasteiger partial charge < -0.3 is 0 Å². The van der Waals surface area contributed by atoms with Crippen molar-refractivity contribution in [1.29, 1.82) is 0 Å². The summed E-state index contributed by atoms with van der Waals surface area (Å²) in [5, 5.41) is 0. The quantitative estimate of drug-likeness (QED) is 0.581. The van der Waals surface area contributed by atoms with Gasteiger partial charge in [0.15, 0.2) is 0 Å². The molecule has 0 saturated carbocycles. The summed E-state index contributed by atoms with van der Waals surface area (Å²) in [5.74, 6) is 0. The number of hydrogen-bond acceptors (Lipinski definition) is 0. The second-order valence-corrected chi connectivity index (χ2v) is 0. The molecule has 0 aromatic heterocycles. The van der Waals surface area contributed by atoms with E-state index in [4.69, 9.17) is 0 Å². The van der Waals surface area contributed by atoms with Crippen LogP contribution in [0.25, 0.3) is 0 Å². The predicted octanol–water partition coefficient (Wildman–Crippen LogP) is 0.839. The molecule has 0 amide bonds. The van der Waals surface area contributed by atoms with Gasteiger partial charge in [-0.2, -0.15) is 0 Å². The van der Waals surface area contributed by atoms with Crippen LogP contribution in [0.1, 0.15) is 0 Å². The van der Waals surface area contributed by atoms with E-state index in [9.17, 15) is 0 Å². The first-order chi connectivity index (χ1) is 0. The van der Waals surface area contributed by atoms with Crippen LogP contribution in [-0.4, -0.2) is 0 Å². The number of hydrogen-bond donors (Lipinski definition) is 0. The summed E-state index contributed by atoms with van der Waals surface area (Å²) in [6, 6.07) is 0. The SMILES string of the molecule is Cl.Cl.[Cd].[Cd]. The van der Waals surface area contributed by atoms with E-state index in [1.165, 1.54) is 0 Å². The molecule has 0 atom stereocenters. The fraction of sp³-hybridized carbons (Fsp3) is 0. The van der Waals surface area contributed by atoms with Gasteiger partial charge in [0, 0.05) is 54.6 Å². The standard InChI is InChI=1S/2Cd.2ClH/h;;2*1H. The van der Waals surface area contributed by atoms with Crippen LogP contribution in [0.5, 0.6) is 0 Å². The van der Waals surface area contributed by atoms with Crippen molar-refractivity contribution in [3.8, 4) is 0 Å². The molecular formula is H2Cd2Cl2. The minimum Gasteiger partial charge on any atom is -0.147 e. The first kappa shape index (κ1) is 32.2. The maximum Gasteiger partial charge on any atom is 0 e. The average Bonchev–Trinajstić information content (AvgIpc) is 0. The molecule has 4 heavy (non-hydrogen) atoms. The minimum absolute atomic E-state index is 0. The summed E-state index contributed by atoms with van der Waals surface area (Å²) >= 11 is 0. The largest absolute Gasteiger partial charge is 0.147 e. The van der Waals surface area contributed by atoms with E-state index in [0.29, 0.717) is 0 Å². The van der Waals surface area contributed by atoms with E-state index >= 15 is 0 Å². The molecule has 0 heterocycles. The average molecular weight is 298 g/mol. The first-order valence-electron chi connectivity index (χ1n) is 0. The van der Waals surface area contributed by atoms with Crippen LogP contribution in [0.15, 0.2) is 0 Å².